The number of imidazole rings is 1. The zero-order chi connectivity index (χ0) is 14.8. The maximum Gasteiger partial charge on any atom is 0.416 e. The van der Waals surface area contributed by atoms with Crippen molar-refractivity contribution in [3.05, 3.63) is 29.6 Å². The molecule has 3 nitrogen and oxygen atoms in total. The lowest BCUT2D eigenvalue weighted by Gasteiger charge is -2.08. The van der Waals surface area contributed by atoms with E-state index >= 15 is 0 Å². The summed E-state index contributed by atoms with van der Waals surface area (Å²) in [5.74, 6) is 0.723. The van der Waals surface area contributed by atoms with Crippen molar-refractivity contribution in [2.24, 2.45) is 0 Å². The highest BCUT2D eigenvalue weighted by Gasteiger charge is 2.31. The third kappa shape index (κ3) is 3.07. The molecule has 0 aliphatic carbocycles. The molecular formula is C13H14ClF3N2O. The van der Waals surface area contributed by atoms with Gasteiger partial charge in [-0.2, -0.15) is 13.2 Å². The lowest BCUT2D eigenvalue weighted by atomic mass is 10.2. The van der Waals surface area contributed by atoms with Gasteiger partial charge in [0.05, 0.1) is 22.5 Å². The number of nitrogens with zero attached hydrogens (tertiary/aromatic N) is 2. The van der Waals surface area contributed by atoms with Crippen LogP contribution in [0.25, 0.3) is 11.0 Å². The molecule has 7 heteroatoms. The van der Waals surface area contributed by atoms with Crippen LogP contribution in [0.4, 0.5) is 13.2 Å². The third-order valence-electron chi connectivity index (χ3n) is 3.00. The van der Waals surface area contributed by atoms with Gasteiger partial charge in [-0.25, -0.2) is 4.98 Å². The average molecular weight is 307 g/mol. The van der Waals surface area contributed by atoms with Crippen LogP contribution in [0.1, 0.15) is 17.8 Å². The Bertz CT molecular complexity index is 595. The van der Waals surface area contributed by atoms with Crippen molar-refractivity contribution in [3.63, 3.8) is 0 Å². The summed E-state index contributed by atoms with van der Waals surface area (Å²) >= 11 is 5.81. The van der Waals surface area contributed by atoms with Crippen molar-refractivity contribution < 1.29 is 17.9 Å². The predicted molar refractivity (Wildman–Crippen MR) is 70.8 cm³/mol. The Balaban J connectivity index is 2.41. The van der Waals surface area contributed by atoms with Gasteiger partial charge >= 0.3 is 6.18 Å². The van der Waals surface area contributed by atoms with Crippen LogP contribution in [-0.4, -0.2) is 23.3 Å². The number of ether oxygens (including phenoxy) is 1. The molecule has 0 saturated heterocycles. The highest BCUT2D eigenvalue weighted by molar-refractivity contribution is 6.16. The first-order valence-corrected chi connectivity index (χ1v) is 6.62. The Morgan fingerprint density at radius 2 is 2.10 bits per heavy atom. The molecule has 1 aromatic heterocycles. The first-order valence-electron chi connectivity index (χ1n) is 6.08. The highest BCUT2D eigenvalue weighted by Crippen LogP contribution is 2.31. The van der Waals surface area contributed by atoms with E-state index in [4.69, 9.17) is 16.3 Å². The minimum absolute atomic E-state index is 0.156. The third-order valence-corrected chi connectivity index (χ3v) is 3.24. The molecule has 0 spiro atoms. The van der Waals surface area contributed by atoms with Gasteiger partial charge < -0.3 is 9.30 Å². The van der Waals surface area contributed by atoms with Crippen LogP contribution < -0.4 is 0 Å². The second-order valence-electron chi connectivity index (χ2n) is 4.36. The summed E-state index contributed by atoms with van der Waals surface area (Å²) < 4.78 is 44.8. The molecule has 0 amide bonds. The molecule has 0 aliphatic rings. The molecule has 2 rings (SSSR count). The predicted octanol–water partition coefficient (Wildman–Crippen LogP) is 3.83. The Kier molecular flexibility index (Phi) is 4.55. The van der Waals surface area contributed by atoms with Crippen LogP contribution in [0.2, 0.25) is 0 Å². The van der Waals surface area contributed by atoms with Crippen molar-refractivity contribution in [1.29, 1.82) is 0 Å². The zero-order valence-electron chi connectivity index (χ0n) is 10.9. The number of hydrogen-bond acceptors (Lipinski definition) is 2. The molecule has 0 saturated carbocycles. The van der Waals surface area contributed by atoms with Crippen molar-refractivity contribution in [2.45, 2.75) is 25.0 Å². The monoisotopic (exact) mass is 306 g/mol. The fraction of sp³-hybridized carbons (Fsp3) is 0.462. The summed E-state index contributed by atoms with van der Waals surface area (Å²) in [7, 11) is 1.60. The van der Waals surface area contributed by atoms with Crippen LogP contribution in [0.3, 0.4) is 0 Å². The van der Waals surface area contributed by atoms with E-state index in [1.807, 2.05) is 4.57 Å². The molecule has 0 radical (unpaired) electrons. The van der Waals surface area contributed by atoms with E-state index in [9.17, 15) is 13.2 Å². The van der Waals surface area contributed by atoms with Gasteiger partial charge in [-0.3, -0.25) is 0 Å². The molecule has 2 aromatic rings. The van der Waals surface area contributed by atoms with Gasteiger partial charge in [-0.05, 0) is 24.6 Å². The Hall–Kier alpha value is -1.27. The van der Waals surface area contributed by atoms with E-state index in [1.165, 1.54) is 6.07 Å². The van der Waals surface area contributed by atoms with Crippen LogP contribution in [0.15, 0.2) is 18.2 Å². The van der Waals surface area contributed by atoms with Crippen LogP contribution >= 0.6 is 11.6 Å². The molecule has 20 heavy (non-hydrogen) atoms. The summed E-state index contributed by atoms with van der Waals surface area (Å²) in [5, 5.41) is 0. The van der Waals surface area contributed by atoms with Crippen LogP contribution in [-0.2, 0) is 23.3 Å². The molecule has 110 valence electrons. The lowest BCUT2D eigenvalue weighted by molar-refractivity contribution is -0.137. The molecular weight excluding hydrogens is 293 g/mol. The minimum Gasteiger partial charge on any atom is -0.385 e. The van der Waals surface area contributed by atoms with Gasteiger partial charge in [0, 0.05) is 20.3 Å². The Labute approximate surface area is 119 Å². The highest BCUT2D eigenvalue weighted by atomic mass is 35.5. The van der Waals surface area contributed by atoms with Crippen molar-refractivity contribution in [2.75, 3.05) is 13.7 Å². The number of aryl methyl sites for hydroxylation is 1. The van der Waals surface area contributed by atoms with Gasteiger partial charge in [0.25, 0.3) is 0 Å². The van der Waals surface area contributed by atoms with Gasteiger partial charge in [0.2, 0.25) is 0 Å². The quantitative estimate of drug-likeness (QED) is 0.620. The standard InChI is InChI=1S/C13H14ClF3N2O/c1-20-6-2-5-19-11-4-3-9(13(15,16)17)7-10(11)18-12(19)8-14/h3-4,7H,2,5-6,8H2,1H3. The minimum atomic E-state index is -4.37. The lowest BCUT2D eigenvalue weighted by Crippen LogP contribution is -2.06. The number of fused-ring (bicyclic) bond motifs is 1. The van der Waals surface area contributed by atoms with Gasteiger partial charge in [0.15, 0.2) is 0 Å². The van der Waals surface area contributed by atoms with E-state index in [0.29, 0.717) is 30.0 Å². The number of hydrogen-bond donors (Lipinski definition) is 0. The van der Waals surface area contributed by atoms with E-state index in [1.54, 1.807) is 7.11 Å². The summed E-state index contributed by atoms with van der Waals surface area (Å²) in [5.41, 5.74) is 0.269. The summed E-state index contributed by atoms with van der Waals surface area (Å²) in [6, 6.07) is 3.56. The fourth-order valence-electron chi connectivity index (χ4n) is 2.07. The molecule has 0 bridgehead atoms. The summed E-state index contributed by atoms with van der Waals surface area (Å²) in [4.78, 5) is 4.17. The number of methoxy groups -OCH3 is 1. The maximum absolute atomic E-state index is 12.7. The van der Waals surface area contributed by atoms with Gasteiger partial charge in [0.1, 0.15) is 5.82 Å². The molecule has 0 N–H and O–H groups in total. The number of halogens is 4. The number of aromatic nitrogens is 2. The number of rotatable bonds is 5. The normalized spacial score (nSPS) is 12.2. The topological polar surface area (TPSA) is 27.1 Å². The van der Waals surface area contributed by atoms with Crippen LogP contribution in [0.5, 0.6) is 0 Å². The first kappa shape index (κ1) is 15.1. The summed E-state index contributed by atoms with van der Waals surface area (Å²) in [6.07, 6.45) is -3.62. The van der Waals surface area contributed by atoms with Crippen molar-refractivity contribution >= 4 is 22.6 Å². The molecule has 1 aromatic carbocycles. The second-order valence-corrected chi connectivity index (χ2v) is 4.63. The van der Waals surface area contributed by atoms with Crippen molar-refractivity contribution in [3.8, 4) is 0 Å². The number of alkyl halides is 4. The van der Waals surface area contributed by atoms with Crippen molar-refractivity contribution in [1.82, 2.24) is 9.55 Å². The van der Waals surface area contributed by atoms with Gasteiger partial charge in [-0.15, -0.1) is 11.6 Å². The average Bonchev–Trinajstić information content (AvgIpc) is 2.75. The maximum atomic E-state index is 12.7. The second kappa shape index (κ2) is 6.01. The Morgan fingerprint density at radius 3 is 2.70 bits per heavy atom. The SMILES string of the molecule is COCCCn1c(CCl)nc2cc(C(F)(F)F)ccc21. The summed E-state index contributed by atoms with van der Waals surface area (Å²) in [6.45, 7) is 1.18. The molecule has 0 atom stereocenters. The van der Waals surface area contributed by atoms with E-state index in [-0.39, 0.29) is 5.88 Å². The molecule has 0 aliphatic heterocycles. The van der Waals surface area contributed by atoms with E-state index in [2.05, 4.69) is 4.98 Å². The molecule has 0 fully saturated rings. The molecule has 1 heterocycles. The van der Waals surface area contributed by atoms with Crippen LogP contribution in [0, 0.1) is 0 Å². The molecule has 0 unspecified atom stereocenters. The Morgan fingerprint density at radius 1 is 1.35 bits per heavy atom. The first-order chi connectivity index (χ1) is 9.47. The zero-order valence-corrected chi connectivity index (χ0v) is 11.6. The largest absolute Gasteiger partial charge is 0.416 e. The van der Waals surface area contributed by atoms with E-state index in [0.717, 1.165) is 18.6 Å². The smallest absolute Gasteiger partial charge is 0.385 e. The number of benzene rings is 1. The van der Waals surface area contributed by atoms with E-state index < -0.39 is 11.7 Å². The van der Waals surface area contributed by atoms with Gasteiger partial charge in [-0.1, -0.05) is 0 Å². The fourth-order valence-corrected chi connectivity index (χ4v) is 2.28.